The van der Waals surface area contributed by atoms with Crippen LogP contribution in [-0.4, -0.2) is 28.0 Å². The maximum Gasteiger partial charge on any atom is 0.207 e. The van der Waals surface area contributed by atoms with Gasteiger partial charge in [-0.2, -0.15) is 0 Å². The average molecular weight is 289 g/mol. The van der Waals surface area contributed by atoms with Crippen molar-refractivity contribution in [3.05, 3.63) is 42.3 Å². The summed E-state index contributed by atoms with van der Waals surface area (Å²) in [5.74, 6) is 0.153. The minimum Gasteiger partial charge on any atom is -0.496 e. The molecule has 0 bridgehead atoms. The monoisotopic (exact) mass is 289 g/mol. The lowest BCUT2D eigenvalue weighted by molar-refractivity contribution is 0.412. The fraction of sp³-hybridized carbons (Fsp3) is 0.143. The standard InChI is InChI=1S/C14H12FN3OS/c1-19-13-7-9(15)3-5-11(13)12-6-4-10-8-16-14(20-2)17-18(10)12/h3-8H,1-2H3. The summed E-state index contributed by atoms with van der Waals surface area (Å²) in [6.45, 7) is 0. The zero-order chi connectivity index (χ0) is 14.1. The highest BCUT2D eigenvalue weighted by molar-refractivity contribution is 7.98. The first-order valence-electron chi connectivity index (χ1n) is 5.95. The smallest absolute Gasteiger partial charge is 0.207 e. The zero-order valence-electron chi connectivity index (χ0n) is 11.0. The summed E-state index contributed by atoms with van der Waals surface area (Å²) in [5, 5.41) is 5.12. The van der Waals surface area contributed by atoms with Crippen LogP contribution in [0.25, 0.3) is 16.8 Å². The number of aromatic nitrogens is 3. The first-order valence-corrected chi connectivity index (χ1v) is 7.18. The highest BCUT2D eigenvalue weighted by atomic mass is 32.2. The van der Waals surface area contributed by atoms with Crippen molar-refractivity contribution in [3.8, 4) is 17.0 Å². The van der Waals surface area contributed by atoms with E-state index in [0.29, 0.717) is 10.9 Å². The van der Waals surface area contributed by atoms with E-state index >= 15 is 0 Å². The Morgan fingerprint density at radius 2 is 2.10 bits per heavy atom. The predicted octanol–water partition coefficient (Wildman–Crippen LogP) is 3.27. The molecule has 0 spiro atoms. The van der Waals surface area contributed by atoms with Crippen LogP contribution in [-0.2, 0) is 0 Å². The molecule has 20 heavy (non-hydrogen) atoms. The predicted molar refractivity (Wildman–Crippen MR) is 76.7 cm³/mol. The van der Waals surface area contributed by atoms with Gasteiger partial charge in [-0.1, -0.05) is 11.8 Å². The van der Waals surface area contributed by atoms with Gasteiger partial charge in [-0.05, 0) is 30.5 Å². The van der Waals surface area contributed by atoms with Crippen LogP contribution < -0.4 is 4.74 Å². The fourth-order valence-electron chi connectivity index (χ4n) is 2.06. The molecule has 0 saturated carbocycles. The van der Waals surface area contributed by atoms with Gasteiger partial charge in [0.1, 0.15) is 11.6 Å². The van der Waals surface area contributed by atoms with Crippen molar-refractivity contribution in [1.29, 1.82) is 0 Å². The molecule has 0 fully saturated rings. The molecule has 3 aromatic rings. The average Bonchev–Trinajstić information content (AvgIpc) is 2.89. The summed E-state index contributed by atoms with van der Waals surface area (Å²) in [4.78, 5) is 4.23. The maximum absolute atomic E-state index is 13.3. The molecular formula is C14H12FN3OS. The summed E-state index contributed by atoms with van der Waals surface area (Å²) in [7, 11) is 1.52. The summed E-state index contributed by atoms with van der Waals surface area (Å²) < 4.78 is 20.3. The van der Waals surface area contributed by atoms with Crippen LogP contribution >= 0.6 is 11.8 Å². The van der Waals surface area contributed by atoms with Crippen molar-refractivity contribution in [1.82, 2.24) is 14.6 Å². The molecular weight excluding hydrogens is 277 g/mol. The lowest BCUT2D eigenvalue weighted by Gasteiger charge is -2.08. The van der Waals surface area contributed by atoms with E-state index in [-0.39, 0.29) is 5.82 Å². The second kappa shape index (κ2) is 5.13. The SMILES string of the molecule is COc1cc(F)ccc1-c1ccc2cnc(SC)nn12. The first-order chi connectivity index (χ1) is 9.72. The molecule has 0 unspecified atom stereocenters. The number of methoxy groups -OCH3 is 1. The van der Waals surface area contributed by atoms with Gasteiger partial charge in [0.05, 0.1) is 24.5 Å². The van der Waals surface area contributed by atoms with Crippen molar-refractivity contribution in [2.45, 2.75) is 5.16 Å². The number of nitrogens with zero attached hydrogens (tertiary/aromatic N) is 3. The second-order valence-corrected chi connectivity index (χ2v) is 4.92. The topological polar surface area (TPSA) is 39.4 Å². The quantitative estimate of drug-likeness (QED) is 0.694. The van der Waals surface area contributed by atoms with Gasteiger partial charge in [0.2, 0.25) is 5.16 Å². The normalized spacial score (nSPS) is 10.9. The van der Waals surface area contributed by atoms with Crippen LogP contribution in [0.5, 0.6) is 5.75 Å². The van der Waals surface area contributed by atoms with Gasteiger partial charge >= 0.3 is 0 Å². The highest BCUT2D eigenvalue weighted by Gasteiger charge is 2.12. The van der Waals surface area contributed by atoms with E-state index < -0.39 is 0 Å². The van der Waals surface area contributed by atoms with Gasteiger partial charge in [-0.25, -0.2) is 13.9 Å². The number of rotatable bonds is 3. The highest BCUT2D eigenvalue weighted by Crippen LogP contribution is 2.31. The van der Waals surface area contributed by atoms with E-state index in [1.54, 1.807) is 16.8 Å². The molecule has 0 saturated heterocycles. The second-order valence-electron chi connectivity index (χ2n) is 4.14. The Morgan fingerprint density at radius 1 is 1.25 bits per heavy atom. The third-order valence-electron chi connectivity index (χ3n) is 3.00. The van der Waals surface area contributed by atoms with Gasteiger partial charge in [-0.3, -0.25) is 0 Å². The third-order valence-corrected chi connectivity index (χ3v) is 3.55. The molecule has 0 radical (unpaired) electrons. The van der Waals surface area contributed by atoms with Crippen LogP contribution in [0.15, 0.2) is 41.7 Å². The molecule has 2 heterocycles. The lowest BCUT2D eigenvalue weighted by Crippen LogP contribution is -1.99. The van der Waals surface area contributed by atoms with Crippen LogP contribution in [0, 0.1) is 5.82 Å². The zero-order valence-corrected chi connectivity index (χ0v) is 11.8. The van der Waals surface area contributed by atoms with Gasteiger partial charge in [0.25, 0.3) is 0 Å². The number of halogens is 1. The third kappa shape index (κ3) is 2.12. The van der Waals surface area contributed by atoms with Crippen LogP contribution in [0.1, 0.15) is 0 Å². The van der Waals surface area contributed by atoms with Gasteiger partial charge in [-0.15, -0.1) is 5.10 Å². The van der Waals surface area contributed by atoms with Crippen molar-refractivity contribution in [3.63, 3.8) is 0 Å². The van der Waals surface area contributed by atoms with Crippen molar-refractivity contribution in [2.24, 2.45) is 0 Å². The molecule has 102 valence electrons. The van der Waals surface area contributed by atoms with E-state index in [1.807, 2.05) is 18.4 Å². The van der Waals surface area contributed by atoms with Crippen LogP contribution in [0.4, 0.5) is 4.39 Å². The molecule has 6 heteroatoms. The molecule has 0 amide bonds. The minimum atomic E-state index is -0.328. The van der Waals surface area contributed by atoms with Gasteiger partial charge in [0, 0.05) is 11.6 Å². The first kappa shape index (κ1) is 12.9. The largest absolute Gasteiger partial charge is 0.496 e. The Labute approximate surface area is 119 Å². The molecule has 0 aliphatic rings. The molecule has 0 aliphatic heterocycles. The van der Waals surface area contributed by atoms with E-state index in [0.717, 1.165) is 16.8 Å². The lowest BCUT2D eigenvalue weighted by atomic mass is 10.1. The number of hydrogen-bond donors (Lipinski definition) is 0. The molecule has 4 nitrogen and oxygen atoms in total. The Bertz CT molecular complexity index is 772. The number of fused-ring (bicyclic) bond motifs is 1. The van der Waals surface area contributed by atoms with Crippen LogP contribution in [0.3, 0.4) is 0 Å². The van der Waals surface area contributed by atoms with Crippen molar-refractivity contribution in [2.75, 3.05) is 13.4 Å². The molecule has 0 N–H and O–H groups in total. The summed E-state index contributed by atoms with van der Waals surface area (Å²) in [6.07, 6.45) is 3.68. The van der Waals surface area contributed by atoms with Gasteiger partial charge in [0.15, 0.2) is 0 Å². The van der Waals surface area contributed by atoms with E-state index in [1.165, 1.54) is 31.0 Å². The summed E-state index contributed by atoms with van der Waals surface area (Å²) in [5.41, 5.74) is 2.51. The Morgan fingerprint density at radius 3 is 2.85 bits per heavy atom. The number of benzene rings is 1. The van der Waals surface area contributed by atoms with E-state index in [9.17, 15) is 4.39 Å². The number of thioether (sulfide) groups is 1. The number of hydrogen-bond acceptors (Lipinski definition) is 4. The fourth-order valence-corrected chi connectivity index (χ4v) is 2.38. The molecule has 1 aromatic carbocycles. The van der Waals surface area contributed by atoms with E-state index in [2.05, 4.69) is 10.1 Å². The minimum absolute atomic E-state index is 0.328. The summed E-state index contributed by atoms with van der Waals surface area (Å²) in [6, 6.07) is 8.31. The van der Waals surface area contributed by atoms with Crippen LogP contribution in [0.2, 0.25) is 0 Å². The Hall–Kier alpha value is -2.08. The Balaban J connectivity index is 2.24. The molecule has 0 atom stereocenters. The van der Waals surface area contributed by atoms with Gasteiger partial charge < -0.3 is 4.74 Å². The molecule has 3 rings (SSSR count). The number of ether oxygens (including phenoxy) is 1. The Kier molecular flexibility index (Phi) is 3.31. The summed E-state index contributed by atoms with van der Waals surface area (Å²) >= 11 is 1.47. The van der Waals surface area contributed by atoms with Crippen molar-refractivity contribution >= 4 is 17.3 Å². The molecule has 0 aliphatic carbocycles. The van der Waals surface area contributed by atoms with Crippen molar-refractivity contribution < 1.29 is 9.13 Å². The molecule has 2 aromatic heterocycles. The maximum atomic E-state index is 13.3. The van der Waals surface area contributed by atoms with E-state index in [4.69, 9.17) is 4.74 Å².